The first kappa shape index (κ1) is 19.0. The number of carbonyl (C=O) groups is 2. The summed E-state index contributed by atoms with van der Waals surface area (Å²) in [5, 5.41) is 0. The van der Waals surface area contributed by atoms with Gasteiger partial charge in [-0.2, -0.15) is 0 Å². The topological polar surface area (TPSA) is 74.3 Å². The maximum absolute atomic E-state index is 12.7. The summed E-state index contributed by atoms with van der Waals surface area (Å²) >= 11 is 0. The second-order valence-corrected chi connectivity index (χ2v) is 6.54. The van der Waals surface area contributed by atoms with E-state index in [4.69, 9.17) is 18.9 Å². The summed E-state index contributed by atoms with van der Waals surface area (Å²) in [6, 6.07) is 12.1. The van der Waals surface area contributed by atoms with Crippen molar-refractivity contribution < 1.29 is 28.5 Å². The van der Waals surface area contributed by atoms with Crippen molar-refractivity contribution in [3.63, 3.8) is 0 Å². The molecule has 2 aliphatic rings. The summed E-state index contributed by atoms with van der Waals surface area (Å²) in [6.07, 6.45) is 1.15. The molecule has 0 atom stereocenters. The minimum atomic E-state index is -0.442. The predicted octanol–water partition coefficient (Wildman–Crippen LogP) is 3.53. The average molecular weight is 395 g/mol. The van der Waals surface area contributed by atoms with Crippen LogP contribution in [0, 0.1) is 0 Å². The summed E-state index contributed by atoms with van der Waals surface area (Å²) in [5.74, 6) is 1.40. The van der Waals surface area contributed by atoms with E-state index in [1.54, 1.807) is 53.4 Å². The predicted molar refractivity (Wildman–Crippen MR) is 105 cm³/mol. The van der Waals surface area contributed by atoms with E-state index in [-0.39, 0.29) is 11.5 Å². The Morgan fingerprint density at radius 3 is 2.76 bits per heavy atom. The van der Waals surface area contributed by atoms with E-state index in [0.29, 0.717) is 61.3 Å². The number of hydrogen-bond donors (Lipinski definition) is 0. The van der Waals surface area contributed by atoms with Crippen LogP contribution in [0.4, 0.5) is 4.79 Å². The summed E-state index contributed by atoms with van der Waals surface area (Å²) in [5.41, 5.74) is 1.05. The normalized spacial score (nSPS) is 17.1. The zero-order valence-corrected chi connectivity index (χ0v) is 16.1. The molecule has 0 radical (unpaired) electrons. The molecule has 2 aromatic carbocycles. The third-order valence-corrected chi connectivity index (χ3v) is 4.62. The van der Waals surface area contributed by atoms with Crippen LogP contribution in [0.25, 0.3) is 6.08 Å². The summed E-state index contributed by atoms with van der Waals surface area (Å²) in [7, 11) is 0. The largest absolute Gasteiger partial charge is 0.494 e. The van der Waals surface area contributed by atoms with E-state index in [1.165, 1.54) is 0 Å². The molecule has 1 fully saturated rings. The fourth-order valence-corrected chi connectivity index (χ4v) is 3.16. The summed E-state index contributed by atoms with van der Waals surface area (Å²) in [6.45, 7) is 4.37. The number of Topliss-reactive ketones (excluding diaryl/α,β-unsaturated/α-hetero) is 1. The number of rotatable bonds is 4. The number of nitrogens with zero attached hydrogens (tertiary/aromatic N) is 1. The number of benzene rings is 2. The lowest BCUT2D eigenvalue weighted by Gasteiger charge is -2.26. The van der Waals surface area contributed by atoms with Crippen molar-refractivity contribution in [1.82, 2.24) is 4.90 Å². The Hall–Kier alpha value is -3.32. The molecule has 2 aliphatic heterocycles. The van der Waals surface area contributed by atoms with Gasteiger partial charge in [0, 0.05) is 24.7 Å². The second kappa shape index (κ2) is 8.36. The molecule has 2 aromatic rings. The molecule has 7 nitrogen and oxygen atoms in total. The van der Waals surface area contributed by atoms with Crippen molar-refractivity contribution in [3.8, 4) is 17.2 Å². The Labute approximate surface area is 168 Å². The van der Waals surface area contributed by atoms with Crippen LogP contribution in [0.1, 0.15) is 22.8 Å². The molecule has 7 heteroatoms. The summed E-state index contributed by atoms with van der Waals surface area (Å²) in [4.78, 5) is 26.7. The number of ketones is 1. The Bertz CT molecular complexity index is 962. The molecular weight excluding hydrogens is 374 g/mol. The first-order valence-electron chi connectivity index (χ1n) is 9.50. The molecule has 0 aliphatic carbocycles. The maximum atomic E-state index is 12.7. The number of morpholine rings is 1. The van der Waals surface area contributed by atoms with Crippen LogP contribution in [-0.2, 0) is 4.74 Å². The Morgan fingerprint density at radius 2 is 1.97 bits per heavy atom. The summed E-state index contributed by atoms with van der Waals surface area (Å²) < 4.78 is 22.0. The Kier molecular flexibility index (Phi) is 5.48. The van der Waals surface area contributed by atoms with Crippen LogP contribution in [0.3, 0.4) is 0 Å². The number of fused-ring (bicyclic) bond motifs is 1. The zero-order chi connectivity index (χ0) is 20.2. The number of hydrogen-bond acceptors (Lipinski definition) is 6. The lowest BCUT2D eigenvalue weighted by Crippen LogP contribution is -2.42. The molecule has 150 valence electrons. The highest BCUT2D eigenvalue weighted by atomic mass is 16.6. The number of carbonyl (C=O) groups excluding carboxylic acids is 2. The van der Waals surface area contributed by atoms with Crippen molar-refractivity contribution in [1.29, 1.82) is 0 Å². The molecule has 0 aromatic heterocycles. The van der Waals surface area contributed by atoms with Crippen molar-refractivity contribution in [2.75, 3.05) is 32.9 Å². The molecule has 0 unspecified atom stereocenters. The maximum Gasteiger partial charge on any atom is 0.415 e. The van der Waals surface area contributed by atoms with Gasteiger partial charge in [0.2, 0.25) is 5.78 Å². The van der Waals surface area contributed by atoms with Gasteiger partial charge < -0.3 is 23.8 Å². The minimum Gasteiger partial charge on any atom is -0.494 e. The van der Waals surface area contributed by atoms with Gasteiger partial charge in [0.15, 0.2) is 5.76 Å². The fraction of sp³-hybridized carbons (Fsp3) is 0.273. The van der Waals surface area contributed by atoms with Gasteiger partial charge in [-0.15, -0.1) is 0 Å². The van der Waals surface area contributed by atoms with Gasteiger partial charge in [0.1, 0.15) is 17.2 Å². The number of allylic oxidation sites excluding steroid dienone is 1. The molecule has 29 heavy (non-hydrogen) atoms. The van der Waals surface area contributed by atoms with E-state index in [2.05, 4.69) is 0 Å². The van der Waals surface area contributed by atoms with Crippen LogP contribution in [0.2, 0.25) is 0 Å². The minimum absolute atomic E-state index is 0.170. The third-order valence-electron chi connectivity index (χ3n) is 4.62. The lowest BCUT2D eigenvalue weighted by atomic mass is 10.1. The highest BCUT2D eigenvalue weighted by molar-refractivity contribution is 6.14. The average Bonchev–Trinajstić information content (AvgIpc) is 3.05. The highest BCUT2D eigenvalue weighted by Gasteiger charge is 2.28. The molecule has 0 bridgehead atoms. The number of ether oxygens (including phenoxy) is 4. The SMILES string of the molecule is CCOc1ccc2c(c1)O/C(=C\c1ccccc1OC(=O)N1CCOCC1)C2=O. The molecule has 2 heterocycles. The van der Waals surface area contributed by atoms with Gasteiger partial charge in [-0.25, -0.2) is 4.79 Å². The Morgan fingerprint density at radius 1 is 1.17 bits per heavy atom. The van der Waals surface area contributed by atoms with Crippen molar-refractivity contribution >= 4 is 18.0 Å². The fourth-order valence-electron chi connectivity index (χ4n) is 3.16. The second-order valence-electron chi connectivity index (χ2n) is 6.54. The lowest BCUT2D eigenvalue weighted by molar-refractivity contribution is 0.0415. The van der Waals surface area contributed by atoms with Crippen molar-refractivity contribution in [2.45, 2.75) is 6.92 Å². The monoisotopic (exact) mass is 395 g/mol. The van der Waals surface area contributed by atoms with Crippen LogP contribution >= 0.6 is 0 Å². The zero-order valence-electron chi connectivity index (χ0n) is 16.1. The molecule has 1 amide bonds. The van der Waals surface area contributed by atoms with Crippen LogP contribution in [0.15, 0.2) is 48.2 Å². The first-order chi connectivity index (χ1) is 14.2. The van der Waals surface area contributed by atoms with E-state index in [0.717, 1.165) is 0 Å². The molecule has 0 N–H and O–H groups in total. The number of amides is 1. The highest BCUT2D eigenvalue weighted by Crippen LogP contribution is 2.35. The van der Waals surface area contributed by atoms with Gasteiger partial charge in [-0.3, -0.25) is 4.79 Å². The Balaban J connectivity index is 1.55. The smallest absolute Gasteiger partial charge is 0.415 e. The van der Waals surface area contributed by atoms with Gasteiger partial charge in [-0.1, -0.05) is 18.2 Å². The van der Waals surface area contributed by atoms with Gasteiger partial charge in [0.25, 0.3) is 0 Å². The molecule has 0 spiro atoms. The van der Waals surface area contributed by atoms with Crippen LogP contribution in [0.5, 0.6) is 17.2 Å². The molecule has 0 saturated carbocycles. The van der Waals surface area contributed by atoms with Gasteiger partial charge in [-0.05, 0) is 31.2 Å². The van der Waals surface area contributed by atoms with E-state index < -0.39 is 6.09 Å². The van der Waals surface area contributed by atoms with Crippen LogP contribution < -0.4 is 14.2 Å². The van der Waals surface area contributed by atoms with E-state index >= 15 is 0 Å². The standard InChI is InChI=1S/C22H21NO6/c1-2-27-16-7-8-17-19(14-16)28-20(21(17)24)13-15-5-3-4-6-18(15)29-22(25)23-9-11-26-12-10-23/h3-8,13-14H,2,9-12H2,1H3/b20-13-. The van der Waals surface area contributed by atoms with E-state index in [1.807, 2.05) is 6.92 Å². The van der Waals surface area contributed by atoms with E-state index in [9.17, 15) is 9.59 Å². The van der Waals surface area contributed by atoms with Gasteiger partial charge in [0.05, 0.1) is 25.4 Å². The van der Waals surface area contributed by atoms with Crippen molar-refractivity contribution in [2.24, 2.45) is 0 Å². The third kappa shape index (κ3) is 4.09. The molecular formula is C22H21NO6. The van der Waals surface area contributed by atoms with Crippen molar-refractivity contribution in [3.05, 3.63) is 59.4 Å². The molecule has 4 rings (SSSR count). The first-order valence-corrected chi connectivity index (χ1v) is 9.50. The van der Waals surface area contributed by atoms with Gasteiger partial charge >= 0.3 is 6.09 Å². The molecule has 1 saturated heterocycles. The van der Waals surface area contributed by atoms with Crippen LogP contribution in [-0.4, -0.2) is 49.7 Å². The number of para-hydroxylation sites is 1. The quantitative estimate of drug-likeness (QED) is 0.738.